The third kappa shape index (κ3) is 4.23. The molecule has 0 spiro atoms. The average molecular weight is 514 g/mol. The number of benzene rings is 2. The molecule has 2 atom stereocenters. The number of allylic oxidation sites excluding steroid dienone is 1. The molecule has 2 nitrogen and oxygen atoms in total. The van der Waals surface area contributed by atoms with Crippen LogP contribution in [0.3, 0.4) is 0 Å². The van der Waals surface area contributed by atoms with Crippen molar-refractivity contribution >= 4 is 37.8 Å². The summed E-state index contributed by atoms with van der Waals surface area (Å²) in [5, 5.41) is 0. The van der Waals surface area contributed by atoms with Crippen molar-refractivity contribution in [3.8, 4) is 11.1 Å². The largest absolute Gasteiger partial charge is 0.461 e. The zero-order chi connectivity index (χ0) is 20.5. The zero-order valence-corrected chi connectivity index (χ0v) is 18.7. The van der Waals surface area contributed by atoms with E-state index in [0.717, 1.165) is 3.39 Å². The lowest BCUT2D eigenvalue weighted by molar-refractivity contribution is -0.147. The van der Waals surface area contributed by atoms with Crippen LogP contribution in [0.15, 0.2) is 51.9 Å². The van der Waals surface area contributed by atoms with Gasteiger partial charge in [-0.3, -0.25) is 4.79 Å². The number of halogens is 4. The molecule has 0 aromatic heterocycles. The van der Waals surface area contributed by atoms with Gasteiger partial charge in [-0.2, -0.15) is 0 Å². The van der Waals surface area contributed by atoms with E-state index in [9.17, 15) is 13.6 Å². The maximum Gasteiger partial charge on any atom is 0.310 e. The Kier molecular flexibility index (Phi) is 6.40. The number of hydrogen-bond donors (Lipinski definition) is 0. The molecule has 148 valence electrons. The summed E-state index contributed by atoms with van der Waals surface area (Å²) in [5.74, 6) is -0.907. The molecule has 0 aliphatic heterocycles. The third-order valence-electron chi connectivity index (χ3n) is 5.41. The Bertz CT molecular complexity index is 921. The van der Waals surface area contributed by atoms with Crippen LogP contribution in [0.25, 0.3) is 11.1 Å². The molecule has 1 saturated carbocycles. The van der Waals surface area contributed by atoms with E-state index in [1.54, 1.807) is 36.4 Å². The van der Waals surface area contributed by atoms with E-state index in [1.165, 1.54) is 6.07 Å². The fourth-order valence-electron chi connectivity index (χ4n) is 3.67. The van der Waals surface area contributed by atoms with E-state index in [4.69, 9.17) is 4.74 Å². The first-order valence-electron chi connectivity index (χ1n) is 8.88. The number of ether oxygens (including phenoxy) is 1. The van der Waals surface area contributed by atoms with Gasteiger partial charge < -0.3 is 4.74 Å². The van der Waals surface area contributed by atoms with Gasteiger partial charge >= 0.3 is 5.97 Å². The van der Waals surface area contributed by atoms with E-state index >= 15 is 0 Å². The van der Waals surface area contributed by atoms with Crippen LogP contribution in [0.1, 0.15) is 25.0 Å². The average Bonchev–Trinajstić information content (AvgIpc) is 3.19. The van der Waals surface area contributed by atoms with Crippen molar-refractivity contribution in [1.82, 2.24) is 0 Å². The first kappa shape index (κ1) is 21.2. The smallest absolute Gasteiger partial charge is 0.310 e. The maximum atomic E-state index is 14.2. The van der Waals surface area contributed by atoms with E-state index in [1.807, 2.05) is 19.9 Å². The van der Waals surface area contributed by atoms with Crippen molar-refractivity contribution in [2.45, 2.75) is 27.1 Å². The Hall–Kier alpha value is -1.53. The molecule has 1 fully saturated rings. The van der Waals surface area contributed by atoms with Gasteiger partial charge in [-0.15, -0.1) is 0 Å². The number of carbonyl (C=O) groups is 1. The minimum absolute atomic E-state index is 0.0428. The summed E-state index contributed by atoms with van der Waals surface area (Å²) in [4.78, 5) is 12.6. The molecule has 0 bridgehead atoms. The standard InChI is InChI=1S/C22H20Br2F2O2/c1-22(2)17(10-19(23)24)20(22)21(27)28-12-13-6-5-8-14(16(13)11-25)15-7-3-4-9-18(15)26/h3-10,17,20H,11-12H2,1-2H3. The van der Waals surface area contributed by atoms with Crippen LogP contribution in [0.5, 0.6) is 0 Å². The lowest BCUT2D eigenvalue weighted by Gasteiger charge is -2.14. The summed E-state index contributed by atoms with van der Waals surface area (Å²) in [5.41, 5.74) is 1.50. The van der Waals surface area contributed by atoms with Gasteiger partial charge in [-0.25, -0.2) is 8.78 Å². The Morgan fingerprint density at radius 2 is 1.82 bits per heavy atom. The van der Waals surface area contributed by atoms with Crippen LogP contribution in [0, 0.1) is 23.1 Å². The van der Waals surface area contributed by atoms with Gasteiger partial charge in [0.05, 0.1) is 9.31 Å². The normalized spacial score (nSPS) is 19.8. The van der Waals surface area contributed by atoms with E-state index < -0.39 is 12.5 Å². The van der Waals surface area contributed by atoms with Gasteiger partial charge in [0.15, 0.2) is 0 Å². The van der Waals surface area contributed by atoms with Crippen molar-refractivity contribution in [1.29, 1.82) is 0 Å². The van der Waals surface area contributed by atoms with Gasteiger partial charge in [0, 0.05) is 5.56 Å². The fraction of sp³-hybridized carbons (Fsp3) is 0.318. The first-order chi connectivity index (χ1) is 13.3. The second-order valence-corrected chi connectivity index (χ2v) is 10.2. The molecule has 6 heteroatoms. The molecule has 2 aromatic rings. The van der Waals surface area contributed by atoms with Gasteiger partial charge in [-0.1, -0.05) is 56.3 Å². The molecule has 1 aliphatic carbocycles. The van der Waals surface area contributed by atoms with E-state index in [0.29, 0.717) is 22.3 Å². The van der Waals surface area contributed by atoms with Gasteiger partial charge in [-0.05, 0) is 65.9 Å². The maximum absolute atomic E-state index is 14.2. The number of carbonyl (C=O) groups excluding carboxylic acids is 1. The first-order valence-corrected chi connectivity index (χ1v) is 10.5. The van der Waals surface area contributed by atoms with Gasteiger partial charge in [0.25, 0.3) is 0 Å². The van der Waals surface area contributed by atoms with Gasteiger partial charge in [0.1, 0.15) is 19.1 Å². The minimum atomic E-state index is -0.770. The monoisotopic (exact) mass is 512 g/mol. The fourth-order valence-corrected chi connectivity index (χ4v) is 4.24. The molecule has 0 saturated heterocycles. The van der Waals surface area contributed by atoms with Crippen molar-refractivity contribution in [3.63, 3.8) is 0 Å². The zero-order valence-electron chi connectivity index (χ0n) is 15.5. The summed E-state index contributed by atoms with van der Waals surface area (Å²) in [6.45, 7) is 3.21. The number of alkyl halides is 1. The van der Waals surface area contributed by atoms with E-state index in [2.05, 4.69) is 31.9 Å². The van der Waals surface area contributed by atoms with Crippen LogP contribution in [0.2, 0.25) is 0 Å². The van der Waals surface area contributed by atoms with Crippen molar-refractivity contribution in [2.24, 2.45) is 17.3 Å². The highest BCUT2D eigenvalue weighted by atomic mass is 79.9. The van der Waals surface area contributed by atoms with Gasteiger partial charge in [0.2, 0.25) is 0 Å². The summed E-state index contributed by atoms with van der Waals surface area (Å²) >= 11 is 6.65. The molecule has 28 heavy (non-hydrogen) atoms. The lowest BCUT2D eigenvalue weighted by atomic mass is 9.96. The van der Waals surface area contributed by atoms with Crippen molar-refractivity contribution < 1.29 is 18.3 Å². The summed E-state index contributed by atoms with van der Waals surface area (Å²) in [6, 6.07) is 11.4. The lowest BCUT2D eigenvalue weighted by Crippen LogP contribution is -2.11. The molecule has 2 aromatic carbocycles. The molecule has 0 heterocycles. The Balaban J connectivity index is 1.79. The Morgan fingerprint density at radius 3 is 2.46 bits per heavy atom. The highest BCUT2D eigenvalue weighted by Crippen LogP contribution is 2.60. The Labute approximate surface area is 180 Å². The molecular formula is C22H20Br2F2O2. The SMILES string of the molecule is CC1(C)C(C=C(Br)Br)C1C(=O)OCc1cccc(-c2ccccc2F)c1CF. The highest BCUT2D eigenvalue weighted by Gasteiger charge is 2.61. The second-order valence-electron chi connectivity index (χ2n) is 7.45. The quantitative estimate of drug-likeness (QED) is 0.392. The predicted molar refractivity (Wildman–Crippen MR) is 113 cm³/mol. The van der Waals surface area contributed by atoms with E-state index in [-0.39, 0.29) is 29.8 Å². The molecule has 1 aliphatic rings. The number of rotatable bonds is 6. The third-order valence-corrected chi connectivity index (χ3v) is 5.94. The van der Waals surface area contributed by atoms with Crippen LogP contribution < -0.4 is 0 Å². The highest BCUT2D eigenvalue weighted by molar-refractivity contribution is 9.28. The number of esters is 1. The topological polar surface area (TPSA) is 26.3 Å². The minimum Gasteiger partial charge on any atom is -0.461 e. The molecule has 3 rings (SSSR count). The van der Waals surface area contributed by atoms with Crippen molar-refractivity contribution in [3.05, 3.63) is 68.9 Å². The molecule has 2 unspecified atom stereocenters. The Morgan fingerprint density at radius 1 is 1.14 bits per heavy atom. The van der Waals surface area contributed by atoms with Crippen LogP contribution in [0.4, 0.5) is 8.78 Å². The summed E-state index contributed by atoms with van der Waals surface area (Å²) < 4.78 is 34.3. The molecule has 0 N–H and O–H groups in total. The van der Waals surface area contributed by atoms with Crippen LogP contribution >= 0.6 is 31.9 Å². The molecule has 0 radical (unpaired) electrons. The predicted octanol–water partition coefficient (Wildman–Crippen LogP) is 6.91. The molecular weight excluding hydrogens is 494 g/mol. The van der Waals surface area contributed by atoms with Crippen molar-refractivity contribution in [2.75, 3.05) is 0 Å². The molecule has 0 amide bonds. The summed E-state index contributed by atoms with van der Waals surface area (Å²) in [7, 11) is 0. The van der Waals surface area contributed by atoms with Crippen LogP contribution in [-0.2, 0) is 22.8 Å². The second kappa shape index (κ2) is 8.46. The van der Waals surface area contributed by atoms with Crippen LogP contribution in [-0.4, -0.2) is 5.97 Å². The summed E-state index contributed by atoms with van der Waals surface area (Å²) in [6.07, 6.45) is 1.94. The number of hydrogen-bond acceptors (Lipinski definition) is 2.